The van der Waals surface area contributed by atoms with Crippen molar-refractivity contribution in [3.63, 3.8) is 0 Å². The van der Waals surface area contributed by atoms with Gasteiger partial charge in [0.25, 0.3) is 0 Å². The van der Waals surface area contributed by atoms with Gasteiger partial charge in [-0.15, -0.1) is 0 Å². The van der Waals surface area contributed by atoms with E-state index in [2.05, 4.69) is 46.4 Å². The lowest BCUT2D eigenvalue weighted by Gasteiger charge is -2.25. The molecule has 100 valence electrons. The normalized spacial score (nSPS) is 12.4. The lowest BCUT2D eigenvalue weighted by atomic mass is 10.1. The fourth-order valence-corrected chi connectivity index (χ4v) is 2.05. The number of anilines is 1. The van der Waals surface area contributed by atoms with Crippen LogP contribution in [0.25, 0.3) is 0 Å². The molecule has 0 spiro atoms. The number of likely N-dealkylation sites (N-methyl/N-ethyl adjacent to an activating group) is 1. The van der Waals surface area contributed by atoms with Gasteiger partial charge in [0.15, 0.2) is 0 Å². The molecule has 0 saturated heterocycles. The second-order valence-electron chi connectivity index (χ2n) is 4.50. The Bertz CT molecular complexity index is 516. The number of nitrogens with one attached hydrogen (secondary N) is 1. The summed E-state index contributed by atoms with van der Waals surface area (Å²) in [6.07, 6.45) is 3.19. The van der Waals surface area contributed by atoms with E-state index in [-0.39, 0.29) is 6.04 Å². The Kier molecular flexibility index (Phi) is 4.71. The van der Waals surface area contributed by atoms with Gasteiger partial charge in [-0.2, -0.15) is 0 Å². The van der Waals surface area contributed by atoms with E-state index in [9.17, 15) is 0 Å². The van der Waals surface area contributed by atoms with Crippen LogP contribution in [0.15, 0.2) is 42.7 Å². The molecular weight excluding hydrogens is 260 g/mol. The van der Waals surface area contributed by atoms with Crippen LogP contribution in [0.1, 0.15) is 11.6 Å². The van der Waals surface area contributed by atoms with E-state index in [1.54, 1.807) is 6.20 Å². The molecule has 1 heterocycles. The zero-order chi connectivity index (χ0) is 13.7. The average Bonchev–Trinajstić information content (AvgIpc) is 2.40. The first-order valence-electron chi connectivity index (χ1n) is 6.09. The Labute approximate surface area is 118 Å². The number of hydrogen-bond acceptors (Lipinski definition) is 4. The molecule has 0 saturated carbocycles. The monoisotopic (exact) mass is 276 g/mol. The van der Waals surface area contributed by atoms with E-state index >= 15 is 0 Å². The van der Waals surface area contributed by atoms with Crippen molar-refractivity contribution in [3.8, 4) is 0 Å². The minimum absolute atomic E-state index is 0.266. The molecule has 1 unspecified atom stereocenters. The smallest absolute Gasteiger partial charge is 0.149 e. The van der Waals surface area contributed by atoms with Crippen LogP contribution in [0.2, 0.25) is 5.15 Å². The largest absolute Gasteiger partial charge is 0.367 e. The Morgan fingerprint density at radius 2 is 1.95 bits per heavy atom. The first kappa shape index (κ1) is 13.8. The zero-order valence-electron chi connectivity index (χ0n) is 11.0. The first-order chi connectivity index (χ1) is 9.16. The molecule has 1 N–H and O–H groups in total. The first-order valence-corrected chi connectivity index (χ1v) is 6.47. The van der Waals surface area contributed by atoms with Crippen LogP contribution in [-0.4, -0.2) is 35.5 Å². The lowest BCUT2D eigenvalue weighted by molar-refractivity contribution is 0.311. The van der Waals surface area contributed by atoms with Gasteiger partial charge in [0.2, 0.25) is 0 Å². The third-order valence-corrected chi connectivity index (χ3v) is 3.07. The third kappa shape index (κ3) is 3.91. The van der Waals surface area contributed by atoms with Crippen LogP contribution < -0.4 is 5.32 Å². The van der Waals surface area contributed by atoms with Crippen molar-refractivity contribution in [1.82, 2.24) is 14.9 Å². The fraction of sp³-hybridized carbons (Fsp3) is 0.286. The van der Waals surface area contributed by atoms with Gasteiger partial charge in [-0.3, -0.25) is 4.98 Å². The summed E-state index contributed by atoms with van der Waals surface area (Å²) in [5.74, 6) is 0.690. The molecular formula is C14H17ClN4. The summed E-state index contributed by atoms with van der Waals surface area (Å²) in [7, 11) is 4.12. The van der Waals surface area contributed by atoms with Crippen molar-refractivity contribution in [3.05, 3.63) is 53.4 Å². The van der Waals surface area contributed by atoms with Crippen molar-refractivity contribution in [2.75, 3.05) is 26.0 Å². The van der Waals surface area contributed by atoms with Crippen LogP contribution in [0.4, 0.5) is 5.82 Å². The molecule has 0 aliphatic rings. The van der Waals surface area contributed by atoms with Gasteiger partial charge in [-0.05, 0) is 19.7 Å². The molecule has 1 aromatic carbocycles. The summed E-state index contributed by atoms with van der Waals surface area (Å²) >= 11 is 5.82. The molecule has 0 bridgehead atoms. The van der Waals surface area contributed by atoms with Gasteiger partial charge in [0, 0.05) is 6.54 Å². The number of aromatic nitrogens is 2. The van der Waals surface area contributed by atoms with Crippen LogP contribution >= 0.6 is 11.6 Å². The van der Waals surface area contributed by atoms with Crippen molar-refractivity contribution in [2.24, 2.45) is 0 Å². The molecule has 1 atom stereocenters. The number of benzene rings is 1. The molecule has 2 aromatic rings. The van der Waals surface area contributed by atoms with Crippen molar-refractivity contribution >= 4 is 17.4 Å². The highest BCUT2D eigenvalue weighted by atomic mass is 35.5. The van der Waals surface area contributed by atoms with Crippen molar-refractivity contribution in [2.45, 2.75) is 6.04 Å². The molecule has 19 heavy (non-hydrogen) atoms. The molecule has 0 aliphatic heterocycles. The topological polar surface area (TPSA) is 41.0 Å². The van der Waals surface area contributed by atoms with Gasteiger partial charge in [-0.1, -0.05) is 41.9 Å². The Morgan fingerprint density at radius 3 is 2.58 bits per heavy atom. The van der Waals surface area contributed by atoms with E-state index in [0.717, 1.165) is 6.54 Å². The van der Waals surface area contributed by atoms with E-state index in [0.29, 0.717) is 11.0 Å². The Hall–Kier alpha value is -1.65. The molecule has 2 rings (SSSR count). The van der Waals surface area contributed by atoms with Crippen molar-refractivity contribution < 1.29 is 0 Å². The molecule has 4 nitrogen and oxygen atoms in total. The number of hydrogen-bond donors (Lipinski definition) is 1. The summed E-state index contributed by atoms with van der Waals surface area (Å²) in [5.41, 5.74) is 1.26. The van der Waals surface area contributed by atoms with E-state index in [4.69, 9.17) is 11.6 Å². The quantitative estimate of drug-likeness (QED) is 0.912. The summed E-state index contributed by atoms with van der Waals surface area (Å²) in [6.45, 7) is 0.742. The zero-order valence-corrected chi connectivity index (χ0v) is 11.8. The number of nitrogens with zero attached hydrogens (tertiary/aromatic N) is 3. The third-order valence-electron chi connectivity index (χ3n) is 2.89. The maximum Gasteiger partial charge on any atom is 0.149 e. The van der Waals surface area contributed by atoms with Gasteiger partial charge in [0.05, 0.1) is 18.4 Å². The fourth-order valence-electron chi connectivity index (χ4n) is 1.90. The molecule has 1 aromatic heterocycles. The van der Waals surface area contributed by atoms with E-state index in [1.807, 2.05) is 18.2 Å². The highest BCUT2D eigenvalue weighted by molar-refractivity contribution is 6.29. The Balaban J connectivity index is 2.06. The standard InChI is InChI=1S/C14H17ClN4/c1-19(2)12(11-6-4-3-5-7-11)8-17-14-10-16-9-13(15)18-14/h3-7,9-10,12H,8H2,1-2H3,(H,17,18). The van der Waals surface area contributed by atoms with E-state index in [1.165, 1.54) is 11.8 Å². The maximum absolute atomic E-state index is 5.82. The number of halogens is 1. The van der Waals surface area contributed by atoms with Crippen LogP contribution in [0.3, 0.4) is 0 Å². The predicted molar refractivity (Wildman–Crippen MR) is 78.4 cm³/mol. The van der Waals surface area contributed by atoms with Crippen LogP contribution in [0.5, 0.6) is 0 Å². The van der Waals surface area contributed by atoms with Gasteiger partial charge in [0.1, 0.15) is 11.0 Å². The van der Waals surface area contributed by atoms with E-state index < -0.39 is 0 Å². The molecule has 5 heteroatoms. The second kappa shape index (κ2) is 6.50. The maximum atomic E-state index is 5.82. The minimum atomic E-state index is 0.266. The molecule has 0 aliphatic carbocycles. The Morgan fingerprint density at radius 1 is 1.21 bits per heavy atom. The lowest BCUT2D eigenvalue weighted by Crippen LogP contribution is -2.27. The van der Waals surface area contributed by atoms with Gasteiger partial charge < -0.3 is 10.2 Å². The highest BCUT2D eigenvalue weighted by Crippen LogP contribution is 2.18. The molecule has 0 amide bonds. The van der Waals surface area contributed by atoms with Gasteiger partial charge >= 0.3 is 0 Å². The minimum Gasteiger partial charge on any atom is -0.367 e. The van der Waals surface area contributed by atoms with Crippen molar-refractivity contribution in [1.29, 1.82) is 0 Å². The summed E-state index contributed by atoms with van der Waals surface area (Å²) in [4.78, 5) is 10.3. The summed E-state index contributed by atoms with van der Waals surface area (Å²) in [6, 6.07) is 10.6. The molecule has 0 fully saturated rings. The SMILES string of the molecule is CN(C)C(CNc1cncc(Cl)n1)c1ccccc1. The highest BCUT2D eigenvalue weighted by Gasteiger charge is 2.13. The van der Waals surface area contributed by atoms with Crippen LogP contribution in [0, 0.1) is 0 Å². The number of rotatable bonds is 5. The van der Waals surface area contributed by atoms with Crippen LogP contribution in [-0.2, 0) is 0 Å². The predicted octanol–water partition coefficient (Wildman–Crippen LogP) is 2.84. The average molecular weight is 277 g/mol. The second-order valence-corrected chi connectivity index (χ2v) is 4.89. The molecule has 0 radical (unpaired) electrons. The summed E-state index contributed by atoms with van der Waals surface area (Å²) < 4.78 is 0. The summed E-state index contributed by atoms with van der Waals surface area (Å²) in [5, 5.41) is 3.66. The van der Waals surface area contributed by atoms with Gasteiger partial charge in [-0.25, -0.2) is 4.98 Å².